The van der Waals surface area contributed by atoms with Gasteiger partial charge in [-0.05, 0) is 13.8 Å². The largest absolute Gasteiger partial charge is 0.463 e. The number of esters is 1. The van der Waals surface area contributed by atoms with E-state index in [4.69, 9.17) is 16.3 Å². The van der Waals surface area contributed by atoms with E-state index < -0.39 is 6.10 Å². The van der Waals surface area contributed by atoms with E-state index in [9.17, 15) is 9.90 Å². The van der Waals surface area contributed by atoms with Crippen LogP contribution in [-0.4, -0.2) is 29.7 Å². The third kappa shape index (κ3) is 4.63. The van der Waals surface area contributed by atoms with Gasteiger partial charge in [0.25, 0.3) is 0 Å². The number of hydrogen-bond acceptors (Lipinski definition) is 3. The number of hydrogen-bond donors (Lipinski definition) is 1. The Hall–Kier alpha value is -0.540. The third-order valence-corrected chi connectivity index (χ3v) is 2.19. The highest BCUT2D eigenvalue weighted by molar-refractivity contribution is 6.18. The lowest BCUT2D eigenvalue weighted by atomic mass is 10.0. The first-order chi connectivity index (χ1) is 6.52. The van der Waals surface area contributed by atoms with E-state index >= 15 is 0 Å². The molecule has 82 valence electrons. The van der Waals surface area contributed by atoms with Crippen LogP contribution >= 0.6 is 11.6 Å². The lowest BCUT2D eigenvalue weighted by molar-refractivity contribution is -0.138. The van der Waals surface area contributed by atoms with Crippen LogP contribution in [0.25, 0.3) is 0 Å². The summed E-state index contributed by atoms with van der Waals surface area (Å²) in [6.45, 7) is 5.57. The zero-order chi connectivity index (χ0) is 11.1. The highest BCUT2D eigenvalue weighted by Crippen LogP contribution is 2.10. The second-order valence-electron chi connectivity index (χ2n) is 3.15. The molecular formula is C10H17ClO3. The number of aliphatic hydroxyl groups is 1. The van der Waals surface area contributed by atoms with E-state index in [0.29, 0.717) is 12.2 Å². The Balaban J connectivity index is 4.27. The molecular weight excluding hydrogens is 204 g/mol. The molecule has 0 aliphatic heterocycles. The summed E-state index contributed by atoms with van der Waals surface area (Å²) < 4.78 is 4.80. The molecule has 0 fully saturated rings. The molecule has 0 saturated heterocycles. The van der Waals surface area contributed by atoms with Gasteiger partial charge in [-0.2, -0.15) is 0 Å². The zero-order valence-corrected chi connectivity index (χ0v) is 9.54. The number of aliphatic hydroxyl groups excluding tert-OH is 1. The van der Waals surface area contributed by atoms with Crippen molar-refractivity contribution in [1.29, 1.82) is 0 Å². The smallest absolute Gasteiger partial charge is 0.333 e. The van der Waals surface area contributed by atoms with Gasteiger partial charge in [-0.1, -0.05) is 13.0 Å². The molecule has 0 heterocycles. The molecule has 0 saturated carbocycles. The second-order valence-corrected chi connectivity index (χ2v) is 3.46. The molecule has 0 aromatic rings. The quantitative estimate of drug-likeness (QED) is 0.436. The molecule has 0 rings (SSSR count). The SMILES string of the molecule is CCOC(=O)/C(C)=C/[C@@H](C)[C@@H](O)CCl. The van der Waals surface area contributed by atoms with Crippen LogP contribution in [0.3, 0.4) is 0 Å². The molecule has 0 aromatic carbocycles. The first-order valence-corrected chi connectivity index (χ1v) is 5.15. The van der Waals surface area contributed by atoms with Crippen molar-refractivity contribution < 1.29 is 14.6 Å². The van der Waals surface area contributed by atoms with Crippen LogP contribution in [0.4, 0.5) is 0 Å². The number of alkyl halides is 1. The van der Waals surface area contributed by atoms with Gasteiger partial charge >= 0.3 is 5.97 Å². The third-order valence-electron chi connectivity index (χ3n) is 1.88. The standard InChI is InChI=1S/C10H17ClO3/c1-4-14-10(13)8(3)5-7(2)9(12)6-11/h5,7,9,12H,4,6H2,1-3H3/b8-5+/t7-,9+/m1/s1. The highest BCUT2D eigenvalue weighted by atomic mass is 35.5. The van der Waals surface area contributed by atoms with E-state index in [2.05, 4.69) is 0 Å². The summed E-state index contributed by atoms with van der Waals surface area (Å²) in [4.78, 5) is 11.2. The summed E-state index contributed by atoms with van der Waals surface area (Å²) in [6.07, 6.45) is 1.05. The molecule has 3 nitrogen and oxygen atoms in total. The van der Waals surface area contributed by atoms with Crippen molar-refractivity contribution in [3.8, 4) is 0 Å². The lowest BCUT2D eigenvalue weighted by Crippen LogP contribution is -2.18. The van der Waals surface area contributed by atoms with E-state index in [1.165, 1.54) is 0 Å². The average Bonchev–Trinajstić information content (AvgIpc) is 2.16. The maximum atomic E-state index is 11.2. The van der Waals surface area contributed by atoms with Gasteiger partial charge in [-0.15, -0.1) is 11.6 Å². The molecule has 0 unspecified atom stereocenters. The van der Waals surface area contributed by atoms with Gasteiger partial charge in [0.2, 0.25) is 0 Å². The van der Waals surface area contributed by atoms with E-state index in [-0.39, 0.29) is 17.8 Å². The summed E-state index contributed by atoms with van der Waals surface area (Å²) in [7, 11) is 0. The number of rotatable bonds is 5. The van der Waals surface area contributed by atoms with Crippen LogP contribution in [0.5, 0.6) is 0 Å². The lowest BCUT2D eigenvalue weighted by Gasteiger charge is -2.12. The second kappa shape index (κ2) is 6.85. The molecule has 1 N–H and O–H groups in total. The maximum Gasteiger partial charge on any atom is 0.333 e. The number of ether oxygens (including phenoxy) is 1. The predicted molar refractivity (Wildman–Crippen MR) is 56.3 cm³/mol. The van der Waals surface area contributed by atoms with Gasteiger partial charge in [0.1, 0.15) is 0 Å². The minimum Gasteiger partial charge on any atom is -0.463 e. The van der Waals surface area contributed by atoms with E-state index in [1.54, 1.807) is 26.8 Å². The molecule has 14 heavy (non-hydrogen) atoms. The fraction of sp³-hybridized carbons (Fsp3) is 0.700. The monoisotopic (exact) mass is 220 g/mol. The Morgan fingerprint density at radius 1 is 1.64 bits per heavy atom. The zero-order valence-electron chi connectivity index (χ0n) is 8.79. The van der Waals surface area contributed by atoms with Gasteiger partial charge in [0, 0.05) is 17.4 Å². The molecule has 0 amide bonds. The van der Waals surface area contributed by atoms with Crippen LogP contribution in [-0.2, 0) is 9.53 Å². The fourth-order valence-electron chi connectivity index (χ4n) is 0.959. The van der Waals surface area contributed by atoms with Crippen molar-refractivity contribution in [2.75, 3.05) is 12.5 Å². The number of halogens is 1. The van der Waals surface area contributed by atoms with Gasteiger partial charge < -0.3 is 9.84 Å². The van der Waals surface area contributed by atoms with Crippen LogP contribution in [0.15, 0.2) is 11.6 Å². The van der Waals surface area contributed by atoms with E-state index in [0.717, 1.165) is 0 Å². The van der Waals surface area contributed by atoms with Crippen LogP contribution < -0.4 is 0 Å². The summed E-state index contributed by atoms with van der Waals surface area (Å²) in [5.41, 5.74) is 0.503. The molecule has 4 heteroatoms. The van der Waals surface area contributed by atoms with Crippen molar-refractivity contribution in [1.82, 2.24) is 0 Å². The first kappa shape index (κ1) is 13.5. The van der Waals surface area contributed by atoms with Crippen LogP contribution in [0.2, 0.25) is 0 Å². The van der Waals surface area contributed by atoms with Gasteiger partial charge in [-0.25, -0.2) is 4.79 Å². The molecule has 0 spiro atoms. The van der Waals surface area contributed by atoms with Crippen molar-refractivity contribution >= 4 is 17.6 Å². The minimum atomic E-state index is -0.624. The fourth-order valence-corrected chi connectivity index (χ4v) is 1.24. The molecule has 0 bridgehead atoms. The Kier molecular flexibility index (Phi) is 6.58. The van der Waals surface area contributed by atoms with Gasteiger partial charge in [0.15, 0.2) is 0 Å². The number of carbonyl (C=O) groups excluding carboxylic acids is 1. The first-order valence-electron chi connectivity index (χ1n) is 4.62. The molecule has 0 aromatic heterocycles. The van der Waals surface area contributed by atoms with Crippen molar-refractivity contribution in [3.05, 3.63) is 11.6 Å². The molecule has 0 radical (unpaired) electrons. The Labute approximate surface area is 89.7 Å². The van der Waals surface area contributed by atoms with Crippen LogP contribution in [0.1, 0.15) is 20.8 Å². The van der Waals surface area contributed by atoms with Gasteiger partial charge in [0.05, 0.1) is 12.7 Å². The summed E-state index contributed by atoms with van der Waals surface area (Å²) in [5, 5.41) is 9.36. The van der Waals surface area contributed by atoms with Crippen molar-refractivity contribution in [2.45, 2.75) is 26.9 Å². The molecule has 0 aliphatic carbocycles. The Morgan fingerprint density at radius 3 is 2.64 bits per heavy atom. The minimum absolute atomic E-state index is 0.142. The molecule has 2 atom stereocenters. The summed E-state index contributed by atoms with van der Waals surface area (Å²) >= 11 is 5.48. The Morgan fingerprint density at radius 2 is 2.21 bits per heavy atom. The maximum absolute atomic E-state index is 11.2. The topological polar surface area (TPSA) is 46.5 Å². The van der Waals surface area contributed by atoms with E-state index in [1.807, 2.05) is 0 Å². The highest BCUT2D eigenvalue weighted by Gasteiger charge is 2.13. The summed E-state index contributed by atoms with van der Waals surface area (Å²) in [6, 6.07) is 0. The van der Waals surface area contributed by atoms with Crippen molar-refractivity contribution in [2.24, 2.45) is 5.92 Å². The molecule has 0 aliphatic rings. The van der Waals surface area contributed by atoms with Gasteiger partial charge in [-0.3, -0.25) is 0 Å². The predicted octanol–water partition coefficient (Wildman–Crippen LogP) is 1.73. The number of carbonyl (C=O) groups is 1. The van der Waals surface area contributed by atoms with Crippen LogP contribution in [0, 0.1) is 5.92 Å². The summed E-state index contributed by atoms with van der Waals surface area (Å²) in [5.74, 6) is -0.327. The normalized spacial score (nSPS) is 16.2. The van der Waals surface area contributed by atoms with Crippen molar-refractivity contribution in [3.63, 3.8) is 0 Å². The average molecular weight is 221 g/mol. The Bertz CT molecular complexity index is 213.